The number of benzene rings is 2. The van der Waals surface area contributed by atoms with Crippen molar-refractivity contribution in [2.45, 2.75) is 20.0 Å². The van der Waals surface area contributed by atoms with Gasteiger partial charge in [0.05, 0.1) is 15.8 Å². The van der Waals surface area contributed by atoms with Crippen molar-refractivity contribution < 1.29 is 13.5 Å². The maximum Gasteiger partial charge on any atom is 0.181 e. The first-order valence-corrected chi connectivity index (χ1v) is 7.54. The molecule has 0 amide bonds. The zero-order chi connectivity index (χ0) is 15.9. The van der Waals surface area contributed by atoms with E-state index >= 15 is 0 Å². The third-order valence-electron chi connectivity index (χ3n) is 3.42. The molecule has 6 heteroatoms. The normalized spacial score (nSPS) is 12.5. The molecule has 0 radical (unpaired) electrons. The van der Waals surface area contributed by atoms with Crippen molar-refractivity contribution in [2.24, 2.45) is 0 Å². The summed E-state index contributed by atoms with van der Waals surface area (Å²) < 4.78 is 34.6. The number of nitrogen functional groups attached to an aromatic ring is 1. The van der Waals surface area contributed by atoms with Crippen molar-refractivity contribution in [3.63, 3.8) is 0 Å². The van der Waals surface area contributed by atoms with Crippen LogP contribution >= 0.6 is 11.3 Å². The number of nitrogens with zero attached hydrogens (tertiary/aromatic N) is 1. The van der Waals surface area contributed by atoms with E-state index in [0.29, 0.717) is 16.4 Å². The van der Waals surface area contributed by atoms with Crippen molar-refractivity contribution in [3.05, 3.63) is 53.1 Å². The van der Waals surface area contributed by atoms with Crippen molar-refractivity contribution in [2.75, 3.05) is 5.73 Å². The molecule has 0 spiro atoms. The summed E-state index contributed by atoms with van der Waals surface area (Å²) in [6.07, 6.45) is -0.748. The monoisotopic (exact) mass is 320 g/mol. The summed E-state index contributed by atoms with van der Waals surface area (Å²) in [7, 11) is 0. The Bertz CT molecular complexity index is 848. The van der Waals surface area contributed by atoms with Crippen LogP contribution < -0.4 is 10.5 Å². The summed E-state index contributed by atoms with van der Waals surface area (Å²) in [5.41, 5.74) is 6.75. The van der Waals surface area contributed by atoms with Crippen LogP contribution in [0.5, 0.6) is 5.75 Å². The van der Waals surface area contributed by atoms with Crippen LogP contribution in [0.4, 0.5) is 13.9 Å². The average molecular weight is 320 g/mol. The highest BCUT2D eigenvalue weighted by molar-refractivity contribution is 7.22. The van der Waals surface area contributed by atoms with Gasteiger partial charge in [-0.05, 0) is 43.7 Å². The first-order chi connectivity index (χ1) is 10.5. The van der Waals surface area contributed by atoms with Crippen LogP contribution in [0.15, 0.2) is 30.3 Å². The van der Waals surface area contributed by atoms with Crippen LogP contribution in [-0.2, 0) is 0 Å². The van der Waals surface area contributed by atoms with Crippen molar-refractivity contribution in [3.8, 4) is 5.75 Å². The van der Waals surface area contributed by atoms with E-state index in [1.54, 1.807) is 32.0 Å². The largest absolute Gasteiger partial charge is 0.486 e. The van der Waals surface area contributed by atoms with E-state index in [1.807, 2.05) is 0 Å². The van der Waals surface area contributed by atoms with E-state index in [4.69, 9.17) is 10.5 Å². The van der Waals surface area contributed by atoms with E-state index in [-0.39, 0.29) is 5.56 Å². The van der Waals surface area contributed by atoms with Crippen LogP contribution in [0.25, 0.3) is 10.2 Å². The number of anilines is 1. The molecule has 0 aliphatic rings. The molecule has 114 valence electrons. The highest BCUT2D eigenvalue weighted by atomic mass is 32.1. The van der Waals surface area contributed by atoms with Gasteiger partial charge in [-0.25, -0.2) is 13.8 Å². The Morgan fingerprint density at radius 1 is 1.23 bits per heavy atom. The quantitative estimate of drug-likeness (QED) is 0.767. The Morgan fingerprint density at radius 2 is 2.00 bits per heavy atom. The maximum atomic E-state index is 14.1. The lowest BCUT2D eigenvalue weighted by Gasteiger charge is -2.17. The Morgan fingerprint density at radius 3 is 2.77 bits per heavy atom. The van der Waals surface area contributed by atoms with Gasteiger partial charge in [0.2, 0.25) is 0 Å². The summed E-state index contributed by atoms with van der Waals surface area (Å²) in [5, 5.41) is 0.468. The van der Waals surface area contributed by atoms with E-state index in [2.05, 4.69) is 4.98 Å². The van der Waals surface area contributed by atoms with Gasteiger partial charge in [-0.2, -0.15) is 0 Å². The maximum absolute atomic E-state index is 14.1. The zero-order valence-electron chi connectivity index (χ0n) is 12.1. The molecule has 0 saturated heterocycles. The van der Waals surface area contributed by atoms with Crippen molar-refractivity contribution in [1.82, 2.24) is 4.98 Å². The highest BCUT2D eigenvalue weighted by Crippen LogP contribution is 2.31. The lowest BCUT2D eigenvalue weighted by Crippen LogP contribution is -2.09. The molecule has 2 aromatic carbocycles. The van der Waals surface area contributed by atoms with E-state index < -0.39 is 17.7 Å². The van der Waals surface area contributed by atoms with Crippen LogP contribution in [0.3, 0.4) is 0 Å². The molecule has 1 unspecified atom stereocenters. The predicted molar refractivity (Wildman–Crippen MR) is 84.2 cm³/mol. The first-order valence-electron chi connectivity index (χ1n) is 6.73. The standard InChI is InChI=1S/C16H14F2N2OS/c1-8-3-5-11(17)14(15(8)18)9(2)21-10-4-6-12-13(7-10)22-16(19)20-12/h3-7,9H,1-2H3,(H2,19,20). The second kappa shape index (κ2) is 5.53. The van der Waals surface area contributed by atoms with Crippen LogP contribution in [-0.4, -0.2) is 4.98 Å². The van der Waals surface area contributed by atoms with Crippen LogP contribution in [0.2, 0.25) is 0 Å². The van der Waals surface area contributed by atoms with Gasteiger partial charge in [0.1, 0.15) is 23.5 Å². The molecule has 0 saturated carbocycles. The number of fused-ring (bicyclic) bond motifs is 1. The third kappa shape index (κ3) is 2.62. The van der Waals surface area contributed by atoms with Gasteiger partial charge in [0.15, 0.2) is 5.13 Å². The molecule has 0 aliphatic carbocycles. The third-order valence-corrected chi connectivity index (χ3v) is 4.26. The predicted octanol–water partition coefficient (Wildman–Crippen LogP) is 4.61. The molecule has 0 bridgehead atoms. The van der Waals surface area contributed by atoms with Gasteiger partial charge in [0.25, 0.3) is 0 Å². The van der Waals surface area contributed by atoms with Crippen molar-refractivity contribution in [1.29, 1.82) is 0 Å². The second-order valence-electron chi connectivity index (χ2n) is 5.03. The summed E-state index contributed by atoms with van der Waals surface area (Å²) >= 11 is 1.34. The molecule has 1 aromatic heterocycles. The molecule has 0 aliphatic heterocycles. The number of halogens is 2. The molecule has 1 heterocycles. The van der Waals surface area contributed by atoms with Gasteiger partial charge >= 0.3 is 0 Å². The molecule has 2 N–H and O–H groups in total. The number of hydrogen-bond acceptors (Lipinski definition) is 4. The number of nitrogens with two attached hydrogens (primary N) is 1. The Hall–Kier alpha value is -2.21. The minimum atomic E-state index is -0.748. The molecule has 0 fully saturated rings. The van der Waals surface area contributed by atoms with Gasteiger partial charge in [0, 0.05) is 0 Å². The number of rotatable bonds is 3. The summed E-state index contributed by atoms with van der Waals surface area (Å²) in [4.78, 5) is 4.15. The Labute approximate surface area is 130 Å². The Kier molecular flexibility index (Phi) is 3.70. The Balaban J connectivity index is 1.92. The van der Waals surface area contributed by atoms with Gasteiger partial charge in [-0.15, -0.1) is 0 Å². The summed E-state index contributed by atoms with van der Waals surface area (Å²) in [6.45, 7) is 3.21. The molecule has 3 aromatic rings. The number of aromatic nitrogens is 1. The fraction of sp³-hybridized carbons (Fsp3) is 0.188. The summed E-state index contributed by atoms with van der Waals surface area (Å²) in [5.74, 6) is -0.668. The van der Waals surface area contributed by atoms with Crippen LogP contribution in [0, 0.1) is 18.6 Å². The van der Waals surface area contributed by atoms with Gasteiger partial charge < -0.3 is 10.5 Å². The van der Waals surface area contributed by atoms with Gasteiger partial charge in [-0.1, -0.05) is 17.4 Å². The smallest absolute Gasteiger partial charge is 0.181 e. The van der Waals surface area contributed by atoms with Gasteiger partial charge in [-0.3, -0.25) is 0 Å². The fourth-order valence-corrected chi connectivity index (χ4v) is 3.07. The number of hydrogen-bond donors (Lipinski definition) is 1. The highest BCUT2D eigenvalue weighted by Gasteiger charge is 2.19. The molecular formula is C16H14F2N2OS. The molecule has 3 nitrogen and oxygen atoms in total. The van der Waals surface area contributed by atoms with Crippen LogP contribution in [0.1, 0.15) is 24.2 Å². The van der Waals surface area contributed by atoms with E-state index in [1.165, 1.54) is 23.5 Å². The number of ether oxygens (including phenoxy) is 1. The molecule has 22 heavy (non-hydrogen) atoms. The first kappa shape index (κ1) is 14.7. The SMILES string of the molecule is Cc1ccc(F)c(C(C)Oc2ccc3nc(N)sc3c2)c1F. The van der Waals surface area contributed by atoms with Crippen molar-refractivity contribution >= 4 is 26.7 Å². The molecule has 1 atom stereocenters. The minimum Gasteiger partial charge on any atom is -0.486 e. The average Bonchev–Trinajstić information content (AvgIpc) is 2.82. The second-order valence-corrected chi connectivity index (χ2v) is 6.10. The summed E-state index contributed by atoms with van der Waals surface area (Å²) in [6, 6.07) is 7.91. The van der Waals surface area contributed by atoms with E-state index in [9.17, 15) is 8.78 Å². The topological polar surface area (TPSA) is 48.1 Å². The molecule has 3 rings (SSSR count). The number of aryl methyl sites for hydroxylation is 1. The zero-order valence-corrected chi connectivity index (χ0v) is 12.9. The van der Waals surface area contributed by atoms with E-state index in [0.717, 1.165) is 10.2 Å². The number of thiazole rings is 1. The molecular weight excluding hydrogens is 306 g/mol. The lowest BCUT2D eigenvalue weighted by molar-refractivity contribution is 0.215. The lowest BCUT2D eigenvalue weighted by atomic mass is 10.1. The fourth-order valence-electron chi connectivity index (χ4n) is 2.31. The minimum absolute atomic E-state index is 0.0658.